The van der Waals surface area contributed by atoms with Crippen LogP contribution < -0.4 is 5.73 Å². The third kappa shape index (κ3) is 4.03. The number of nitrogens with two attached hydrogens (primary N) is 1. The first-order chi connectivity index (χ1) is 9.34. The van der Waals surface area contributed by atoms with Crippen LogP contribution in [0.1, 0.15) is 31.1 Å². The molecule has 108 valence electrons. The van der Waals surface area contributed by atoms with Crippen molar-refractivity contribution in [2.75, 3.05) is 7.05 Å². The van der Waals surface area contributed by atoms with Crippen LogP contribution in [0.2, 0.25) is 5.02 Å². The molecule has 0 bridgehead atoms. The van der Waals surface area contributed by atoms with Gasteiger partial charge in [0, 0.05) is 11.6 Å². The van der Waals surface area contributed by atoms with Crippen molar-refractivity contribution in [1.29, 1.82) is 0 Å². The molecule has 2 rings (SSSR count). The molecule has 1 heterocycles. The van der Waals surface area contributed by atoms with Gasteiger partial charge in [0.05, 0.1) is 12.1 Å². The van der Waals surface area contributed by atoms with E-state index in [4.69, 9.17) is 21.9 Å². The third-order valence-corrected chi connectivity index (χ3v) is 3.03. The largest absolute Gasteiger partial charge is 0.338 e. The first kappa shape index (κ1) is 15.0. The average molecular weight is 295 g/mol. The number of hydrogen-bond acceptors (Lipinski definition) is 5. The van der Waals surface area contributed by atoms with Crippen LogP contribution in [0.4, 0.5) is 0 Å². The third-order valence-electron chi connectivity index (χ3n) is 2.79. The van der Waals surface area contributed by atoms with Gasteiger partial charge in [0.1, 0.15) is 0 Å². The molecular weight excluding hydrogens is 276 g/mol. The predicted molar refractivity (Wildman–Crippen MR) is 78.1 cm³/mol. The molecule has 2 N–H and O–H groups in total. The van der Waals surface area contributed by atoms with Gasteiger partial charge in [0.2, 0.25) is 5.89 Å². The second-order valence-corrected chi connectivity index (χ2v) is 5.97. The van der Waals surface area contributed by atoms with E-state index < -0.39 is 5.54 Å². The smallest absolute Gasteiger partial charge is 0.240 e. The van der Waals surface area contributed by atoms with E-state index in [0.29, 0.717) is 18.3 Å². The molecule has 0 atom stereocenters. The van der Waals surface area contributed by atoms with Crippen LogP contribution in [0.3, 0.4) is 0 Å². The van der Waals surface area contributed by atoms with Crippen LogP contribution in [-0.4, -0.2) is 22.1 Å². The quantitative estimate of drug-likeness (QED) is 0.918. The molecule has 1 aromatic heterocycles. The first-order valence-corrected chi connectivity index (χ1v) is 6.77. The summed E-state index contributed by atoms with van der Waals surface area (Å²) in [5.74, 6) is 1.08. The minimum atomic E-state index is -0.590. The Bertz CT molecular complexity index is 577. The molecule has 2 aromatic rings. The van der Waals surface area contributed by atoms with Crippen LogP contribution >= 0.6 is 11.6 Å². The maximum absolute atomic E-state index is 5.97. The van der Waals surface area contributed by atoms with Gasteiger partial charge in [-0.3, -0.25) is 4.90 Å². The fourth-order valence-electron chi connectivity index (χ4n) is 1.81. The molecular formula is C14H19ClN4O. The summed E-state index contributed by atoms with van der Waals surface area (Å²) in [5, 5.41) is 4.64. The Kier molecular flexibility index (Phi) is 4.42. The second-order valence-electron chi connectivity index (χ2n) is 5.54. The Morgan fingerprint density at radius 1 is 1.35 bits per heavy atom. The van der Waals surface area contributed by atoms with Crippen molar-refractivity contribution in [3.8, 4) is 0 Å². The predicted octanol–water partition coefficient (Wildman–Crippen LogP) is 2.55. The SMILES string of the molecule is CN(Cc1cccc(Cl)c1)Cc1nc(C(C)(C)N)no1. The maximum atomic E-state index is 5.97. The summed E-state index contributed by atoms with van der Waals surface area (Å²) in [6.45, 7) is 5.01. The zero-order valence-electron chi connectivity index (χ0n) is 11.9. The van der Waals surface area contributed by atoms with E-state index in [1.807, 2.05) is 45.2 Å². The van der Waals surface area contributed by atoms with Crippen molar-refractivity contribution >= 4 is 11.6 Å². The minimum Gasteiger partial charge on any atom is -0.338 e. The maximum Gasteiger partial charge on any atom is 0.240 e. The van der Waals surface area contributed by atoms with Gasteiger partial charge in [0.15, 0.2) is 5.82 Å². The highest BCUT2D eigenvalue weighted by Gasteiger charge is 2.21. The van der Waals surface area contributed by atoms with E-state index in [1.165, 1.54) is 0 Å². The van der Waals surface area contributed by atoms with Crippen LogP contribution in [0.5, 0.6) is 0 Å². The lowest BCUT2D eigenvalue weighted by molar-refractivity contribution is 0.259. The van der Waals surface area contributed by atoms with Crippen molar-refractivity contribution in [1.82, 2.24) is 15.0 Å². The van der Waals surface area contributed by atoms with Crippen LogP contribution in [-0.2, 0) is 18.6 Å². The summed E-state index contributed by atoms with van der Waals surface area (Å²) in [6, 6.07) is 7.77. The van der Waals surface area contributed by atoms with Gasteiger partial charge in [-0.2, -0.15) is 4.98 Å². The summed E-state index contributed by atoms with van der Waals surface area (Å²) in [4.78, 5) is 6.39. The Balaban J connectivity index is 1.98. The normalized spacial score (nSPS) is 12.1. The number of halogens is 1. The van der Waals surface area contributed by atoms with Gasteiger partial charge < -0.3 is 10.3 Å². The second kappa shape index (κ2) is 5.91. The Labute approximate surface area is 123 Å². The van der Waals surface area contributed by atoms with E-state index in [9.17, 15) is 0 Å². The van der Waals surface area contributed by atoms with Crippen molar-refractivity contribution < 1.29 is 4.52 Å². The van der Waals surface area contributed by atoms with E-state index in [1.54, 1.807) is 0 Å². The molecule has 6 heteroatoms. The molecule has 0 spiro atoms. The minimum absolute atomic E-state index is 0.517. The number of aromatic nitrogens is 2. The van der Waals surface area contributed by atoms with Crippen molar-refractivity contribution in [3.63, 3.8) is 0 Å². The highest BCUT2D eigenvalue weighted by Crippen LogP contribution is 2.15. The molecule has 0 aliphatic heterocycles. The van der Waals surface area contributed by atoms with Crippen LogP contribution in [0.15, 0.2) is 28.8 Å². The first-order valence-electron chi connectivity index (χ1n) is 6.39. The fourth-order valence-corrected chi connectivity index (χ4v) is 2.03. The lowest BCUT2D eigenvalue weighted by Crippen LogP contribution is -2.30. The van der Waals surface area contributed by atoms with Crippen molar-refractivity contribution in [2.24, 2.45) is 5.73 Å². The van der Waals surface area contributed by atoms with Gasteiger partial charge in [0.25, 0.3) is 0 Å². The zero-order valence-corrected chi connectivity index (χ0v) is 12.7. The molecule has 0 saturated carbocycles. The number of rotatable bonds is 5. The summed E-state index contributed by atoms with van der Waals surface area (Å²) >= 11 is 5.97. The standard InChI is InChI=1S/C14H19ClN4O/c1-14(2,16)13-17-12(20-18-13)9-19(3)8-10-5-4-6-11(15)7-10/h4-7H,8-9,16H2,1-3H3. The number of benzene rings is 1. The van der Waals surface area contributed by atoms with Gasteiger partial charge in [-0.15, -0.1) is 0 Å². The molecule has 0 fully saturated rings. The summed E-state index contributed by atoms with van der Waals surface area (Å²) in [6.07, 6.45) is 0. The van der Waals surface area contributed by atoms with Crippen molar-refractivity contribution in [3.05, 3.63) is 46.6 Å². The van der Waals surface area contributed by atoms with E-state index in [-0.39, 0.29) is 0 Å². The summed E-state index contributed by atoms with van der Waals surface area (Å²) in [7, 11) is 1.98. The van der Waals surface area contributed by atoms with Crippen LogP contribution in [0, 0.1) is 0 Å². The summed E-state index contributed by atoms with van der Waals surface area (Å²) < 4.78 is 5.21. The van der Waals surface area contributed by atoms with Gasteiger partial charge >= 0.3 is 0 Å². The van der Waals surface area contributed by atoms with Gasteiger partial charge in [-0.1, -0.05) is 28.9 Å². The Morgan fingerprint density at radius 2 is 2.10 bits per heavy atom. The molecule has 5 nitrogen and oxygen atoms in total. The molecule has 0 unspecified atom stereocenters. The highest BCUT2D eigenvalue weighted by atomic mass is 35.5. The van der Waals surface area contributed by atoms with E-state index in [0.717, 1.165) is 17.1 Å². The Hall–Kier alpha value is -1.43. The lowest BCUT2D eigenvalue weighted by atomic mass is 10.1. The zero-order chi connectivity index (χ0) is 14.8. The number of nitrogens with zero attached hydrogens (tertiary/aromatic N) is 3. The molecule has 1 aromatic carbocycles. The molecule has 0 radical (unpaired) electrons. The van der Waals surface area contributed by atoms with Gasteiger partial charge in [-0.05, 0) is 38.6 Å². The summed E-state index contributed by atoms with van der Waals surface area (Å²) in [5.41, 5.74) is 6.48. The molecule has 0 aliphatic rings. The monoisotopic (exact) mass is 294 g/mol. The topological polar surface area (TPSA) is 68.2 Å². The molecule has 0 amide bonds. The van der Waals surface area contributed by atoms with E-state index in [2.05, 4.69) is 15.0 Å². The number of hydrogen-bond donors (Lipinski definition) is 1. The highest BCUT2D eigenvalue weighted by molar-refractivity contribution is 6.30. The molecule has 0 aliphatic carbocycles. The van der Waals surface area contributed by atoms with Gasteiger partial charge in [-0.25, -0.2) is 0 Å². The Morgan fingerprint density at radius 3 is 2.70 bits per heavy atom. The molecule has 0 saturated heterocycles. The molecule has 20 heavy (non-hydrogen) atoms. The average Bonchev–Trinajstić information content (AvgIpc) is 2.76. The van der Waals surface area contributed by atoms with Crippen molar-refractivity contribution in [2.45, 2.75) is 32.5 Å². The van der Waals surface area contributed by atoms with Crippen LogP contribution in [0.25, 0.3) is 0 Å². The fraction of sp³-hybridized carbons (Fsp3) is 0.429. The lowest BCUT2D eigenvalue weighted by Gasteiger charge is -2.14. The van der Waals surface area contributed by atoms with E-state index >= 15 is 0 Å².